The summed E-state index contributed by atoms with van der Waals surface area (Å²) in [5.74, 6) is 0. The second-order valence-electron chi connectivity index (χ2n) is 15.2. The van der Waals surface area contributed by atoms with E-state index in [0.29, 0.717) is 0 Å². The zero-order valence-corrected chi connectivity index (χ0v) is 32.0. The maximum atomic E-state index is 6.61. The number of fused-ring (bicyclic) bond motifs is 9. The molecule has 0 saturated heterocycles. The van der Waals surface area contributed by atoms with Crippen LogP contribution in [0.1, 0.15) is 0 Å². The lowest BCUT2D eigenvalue weighted by atomic mass is 9.96. The molecule has 0 spiro atoms. The van der Waals surface area contributed by atoms with Crippen LogP contribution in [0.4, 0.5) is 17.1 Å². The lowest BCUT2D eigenvalue weighted by Crippen LogP contribution is -2.10. The number of para-hydroxylation sites is 1. The Morgan fingerprint density at radius 1 is 0.288 bits per heavy atom. The van der Waals surface area contributed by atoms with Crippen molar-refractivity contribution in [1.82, 2.24) is 0 Å². The van der Waals surface area contributed by atoms with E-state index in [1.54, 1.807) is 0 Å². The molecule has 0 bridgehead atoms. The lowest BCUT2D eigenvalue weighted by Gasteiger charge is -2.27. The molecule has 0 radical (unpaired) electrons. The molecule has 0 amide bonds. The van der Waals surface area contributed by atoms with Gasteiger partial charge in [0.05, 0.1) is 0 Å². The van der Waals surface area contributed by atoms with Crippen LogP contribution in [0.15, 0.2) is 221 Å². The molecule has 0 aliphatic rings. The summed E-state index contributed by atoms with van der Waals surface area (Å²) < 4.78 is 12.9. The van der Waals surface area contributed by atoms with Crippen molar-refractivity contribution < 1.29 is 8.83 Å². The van der Waals surface area contributed by atoms with E-state index in [9.17, 15) is 0 Å². The first-order chi connectivity index (χ1) is 29.2. The molecule has 0 saturated carbocycles. The molecular formula is C56H35NO2. The van der Waals surface area contributed by atoms with E-state index in [1.165, 1.54) is 21.7 Å². The van der Waals surface area contributed by atoms with E-state index in [-0.39, 0.29) is 0 Å². The second kappa shape index (κ2) is 13.4. The molecule has 2 aromatic heterocycles. The van der Waals surface area contributed by atoms with Gasteiger partial charge in [0, 0.05) is 44.0 Å². The molecule has 12 rings (SSSR count). The minimum atomic E-state index is 0.884. The summed E-state index contributed by atoms with van der Waals surface area (Å²) >= 11 is 0. The quantitative estimate of drug-likeness (QED) is 0.169. The first-order valence-corrected chi connectivity index (χ1v) is 20.1. The standard InChI is InChI=1S/C56H35NO2/c1-3-19-44-36(12-1)14-9-22-45(44)39-15-7-17-42(34-39)57(41-31-28-38(29-32-41)46-23-10-26-52-54(46)49-21-5-6-25-51(49)58-52)43-18-8-16-40(35-43)47-24-11-27-53-55(47)50-33-30-37-13-2-4-20-48(37)56(50)59-53/h1-35H. The van der Waals surface area contributed by atoms with Gasteiger partial charge in [0.15, 0.2) is 0 Å². The van der Waals surface area contributed by atoms with Crippen molar-refractivity contribution in [2.24, 2.45) is 0 Å². The SMILES string of the molecule is c1cc(-c2cccc3ccccc23)cc(N(c2ccc(-c3cccc4oc5ccccc5c34)cc2)c2cccc(-c3cccc4oc5c6ccccc6ccc5c34)c2)c1. The molecule has 2 heterocycles. The molecule has 12 aromatic rings. The van der Waals surface area contributed by atoms with Crippen molar-refractivity contribution in [3.63, 3.8) is 0 Å². The molecule has 10 aromatic carbocycles. The van der Waals surface area contributed by atoms with Gasteiger partial charge in [0.25, 0.3) is 0 Å². The van der Waals surface area contributed by atoms with Crippen molar-refractivity contribution >= 4 is 82.5 Å². The fourth-order valence-electron chi connectivity index (χ4n) is 9.15. The average molecular weight is 754 g/mol. The molecule has 3 nitrogen and oxygen atoms in total. The lowest BCUT2D eigenvalue weighted by molar-refractivity contribution is 0.669. The second-order valence-corrected chi connectivity index (χ2v) is 15.2. The maximum absolute atomic E-state index is 6.61. The smallest absolute Gasteiger partial charge is 0.143 e. The number of hydrogen-bond donors (Lipinski definition) is 0. The first kappa shape index (κ1) is 33.3. The highest BCUT2D eigenvalue weighted by Gasteiger charge is 2.19. The van der Waals surface area contributed by atoms with Gasteiger partial charge in [-0.05, 0) is 110 Å². The molecule has 0 fully saturated rings. The molecule has 0 aliphatic heterocycles. The Hall–Kier alpha value is -7.88. The van der Waals surface area contributed by atoms with Crippen LogP contribution in [0, 0.1) is 0 Å². The van der Waals surface area contributed by atoms with Gasteiger partial charge in [-0.15, -0.1) is 0 Å². The number of anilines is 3. The summed E-state index contributed by atoms with van der Waals surface area (Å²) in [6.07, 6.45) is 0. The minimum absolute atomic E-state index is 0.884. The molecule has 3 heteroatoms. The van der Waals surface area contributed by atoms with Gasteiger partial charge in [-0.1, -0.05) is 152 Å². The third-order valence-electron chi connectivity index (χ3n) is 11.8. The van der Waals surface area contributed by atoms with E-state index in [2.05, 4.69) is 205 Å². The summed E-state index contributed by atoms with van der Waals surface area (Å²) in [6, 6.07) is 75.8. The predicted molar refractivity (Wildman–Crippen MR) is 247 cm³/mol. The fourth-order valence-corrected chi connectivity index (χ4v) is 9.15. The molecule has 0 atom stereocenters. The monoisotopic (exact) mass is 753 g/mol. The topological polar surface area (TPSA) is 29.5 Å². The maximum Gasteiger partial charge on any atom is 0.143 e. The van der Waals surface area contributed by atoms with Gasteiger partial charge in [-0.3, -0.25) is 0 Å². The van der Waals surface area contributed by atoms with Crippen molar-refractivity contribution in [2.75, 3.05) is 4.90 Å². The first-order valence-electron chi connectivity index (χ1n) is 20.1. The van der Waals surface area contributed by atoms with Crippen LogP contribution in [0.3, 0.4) is 0 Å². The number of rotatable bonds is 6. The highest BCUT2D eigenvalue weighted by Crippen LogP contribution is 2.44. The molecule has 0 unspecified atom stereocenters. The summed E-state index contributed by atoms with van der Waals surface area (Å²) in [6.45, 7) is 0. The van der Waals surface area contributed by atoms with E-state index in [0.717, 1.165) is 94.1 Å². The van der Waals surface area contributed by atoms with Crippen molar-refractivity contribution in [3.8, 4) is 33.4 Å². The highest BCUT2D eigenvalue weighted by molar-refractivity contribution is 6.19. The summed E-state index contributed by atoms with van der Waals surface area (Å²) in [4.78, 5) is 2.37. The van der Waals surface area contributed by atoms with Gasteiger partial charge in [-0.2, -0.15) is 0 Å². The van der Waals surface area contributed by atoms with Gasteiger partial charge in [-0.25, -0.2) is 0 Å². The highest BCUT2D eigenvalue weighted by atomic mass is 16.3. The van der Waals surface area contributed by atoms with Crippen molar-refractivity contribution in [2.45, 2.75) is 0 Å². The fraction of sp³-hybridized carbons (Fsp3) is 0. The Morgan fingerprint density at radius 2 is 0.814 bits per heavy atom. The number of benzene rings is 10. The Morgan fingerprint density at radius 3 is 1.58 bits per heavy atom. The van der Waals surface area contributed by atoms with Gasteiger partial charge in [0.1, 0.15) is 22.3 Å². The third-order valence-corrected chi connectivity index (χ3v) is 11.8. The molecule has 59 heavy (non-hydrogen) atoms. The number of furan rings is 2. The zero-order valence-electron chi connectivity index (χ0n) is 32.0. The number of hydrogen-bond acceptors (Lipinski definition) is 3. The van der Waals surface area contributed by atoms with Crippen molar-refractivity contribution in [1.29, 1.82) is 0 Å². The summed E-state index contributed by atoms with van der Waals surface area (Å²) in [5, 5.41) is 9.26. The molecule has 0 aliphatic carbocycles. The van der Waals surface area contributed by atoms with E-state index in [1.807, 2.05) is 12.1 Å². The van der Waals surface area contributed by atoms with Crippen LogP contribution < -0.4 is 4.90 Å². The Labute approximate surface area is 340 Å². The molecular weight excluding hydrogens is 719 g/mol. The summed E-state index contributed by atoms with van der Waals surface area (Å²) in [7, 11) is 0. The van der Waals surface area contributed by atoms with Crippen molar-refractivity contribution in [3.05, 3.63) is 212 Å². The van der Waals surface area contributed by atoms with Crippen LogP contribution in [0.25, 0.3) is 98.8 Å². The van der Waals surface area contributed by atoms with E-state index in [4.69, 9.17) is 8.83 Å². The normalized spacial score (nSPS) is 11.7. The average Bonchev–Trinajstić information content (AvgIpc) is 3.89. The zero-order chi connectivity index (χ0) is 38.9. The molecule has 276 valence electrons. The van der Waals surface area contributed by atoms with Crippen LogP contribution >= 0.6 is 0 Å². The predicted octanol–water partition coefficient (Wildman–Crippen LogP) is 16.3. The minimum Gasteiger partial charge on any atom is -0.456 e. The van der Waals surface area contributed by atoms with Gasteiger partial charge >= 0.3 is 0 Å². The van der Waals surface area contributed by atoms with Gasteiger partial charge < -0.3 is 13.7 Å². The third kappa shape index (κ3) is 5.44. The Balaban J connectivity index is 1.03. The van der Waals surface area contributed by atoms with Crippen LogP contribution in [0.5, 0.6) is 0 Å². The number of nitrogens with zero attached hydrogens (tertiary/aromatic N) is 1. The van der Waals surface area contributed by atoms with E-state index >= 15 is 0 Å². The largest absolute Gasteiger partial charge is 0.456 e. The Kier molecular flexibility index (Phi) is 7.54. The molecule has 0 N–H and O–H groups in total. The van der Waals surface area contributed by atoms with Crippen LogP contribution in [-0.4, -0.2) is 0 Å². The summed E-state index contributed by atoms with van der Waals surface area (Å²) in [5.41, 5.74) is 13.7. The van der Waals surface area contributed by atoms with Gasteiger partial charge in [0.2, 0.25) is 0 Å². The van der Waals surface area contributed by atoms with E-state index < -0.39 is 0 Å². The Bertz CT molecular complexity index is 3570. The van der Waals surface area contributed by atoms with Crippen LogP contribution in [-0.2, 0) is 0 Å². The van der Waals surface area contributed by atoms with Crippen LogP contribution in [0.2, 0.25) is 0 Å².